The lowest BCUT2D eigenvalue weighted by molar-refractivity contribution is -0.605. The third-order valence-electron chi connectivity index (χ3n) is 6.29. The van der Waals surface area contributed by atoms with E-state index in [1.165, 1.54) is 18.5 Å². The largest absolute Gasteiger partial charge is 0.619 e. The summed E-state index contributed by atoms with van der Waals surface area (Å²) in [6, 6.07) is 10.3. The fraction of sp³-hybridized carbons (Fsp3) is 0.440. The molecular weight excluding hydrogens is 458 g/mol. The molecule has 3 heterocycles. The van der Waals surface area contributed by atoms with Crippen molar-refractivity contribution in [2.75, 3.05) is 37.8 Å². The number of aromatic nitrogens is 3. The number of hydrogen-bond donors (Lipinski definition) is 0. The fourth-order valence-electron chi connectivity index (χ4n) is 4.16. The molecule has 0 N–H and O–H groups in total. The highest BCUT2D eigenvalue weighted by molar-refractivity contribution is 5.45. The average molecular weight is 487 g/mol. The van der Waals surface area contributed by atoms with Crippen LogP contribution >= 0.6 is 0 Å². The van der Waals surface area contributed by atoms with Crippen LogP contribution in [0.3, 0.4) is 0 Å². The summed E-state index contributed by atoms with van der Waals surface area (Å²) in [5, 5.41) is 16.4. The minimum Gasteiger partial charge on any atom is -0.619 e. The lowest BCUT2D eigenvalue weighted by Gasteiger charge is -2.27. The maximum absolute atomic E-state index is 13.0. The number of benzene rings is 1. The van der Waals surface area contributed by atoms with E-state index in [1.807, 2.05) is 16.9 Å². The Hall–Kier alpha value is -3.40. The standard InChI is InChI=1S/C25H28F2N4O4/c26-25(27)35-22-4-3-20(16-23(22)34-17-19-1-2-19)21(15-18-5-8-30(32)9-6-18)31-10-7-24(28-31)29-11-13-33-14-12-29/h3-10,16,19,21,25H,1-2,11-15,17H2. The van der Waals surface area contributed by atoms with Gasteiger partial charge in [0.2, 0.25) is 0 Å². The van der Waals surface area contributed by atoms with Crippen molar-refractivity contribution in [1.82, 2.24) is 9.78 Å². The number of alkyl halides is 2. The van der Waals surface area contributed by atoms with E-state index in [0.29, 0.717) is 37.9 Å². The van der Waals surface area contributed by atoms with E-state index in [-0.39, 0.29) is 11.8 Å². The van der Waals surface area contributed by atoms with Gasteiger partial charge < -0.3 is 24.3 Å². The number of nitrogens with zero attached hydrogens (tertiary/aromatic N) is 4. The third-order valence-corrected chi connectivity index (χ3v) is 6.29. The van der Waals surface area contributed by atoms with Gasteiger partial charge in [-0.25, -0.2) is 0 Å². The smallest absolute Gasteiger partial charge is 0.387 e. The first kappa shape index (κ1) is 23.3. The Morgan fingerprint density at radius 3 is 2.57 bits per heavy atom. The van der Waals surface area contributed by atoms with E-state index in [4.69, 9.17) is 19.3 Å². The molecule has 0 spiro atoms. The minimum absolute atomic E-state index is 0.0183. The molecule has 3 aromatic rings. The minimum atomic E-state index is -2.94. The molecule has 0 bridgehead atoms. The average Bonchev–Trinajstić information content (AvgIpc) is 3.57. The van der Waals surface area contributed by atoms with Gasteiger partial charge in [-0.15, -0.1) is 0 Å². The molecule has 8 nitrogen and oxygen atoms in total. The lowest BCUT2D eigenvalue weighted by Crippen LogP contribution is -2.36. The second-order valence-corrected chi connectivity index (χ2v) is 8.88. The molecule has 1 aliphatic heterocycles. The summed E-state index contributed by atoms with van der Waals surface area (Å²) in [4.78, 5) is 2.17. The van der Waals surface area contributed by atoms with Crippen LogP contribution in [-0.4, -0.2) is 49.3 Å². The summed E-state index contributed by atoms with van der Waals surface area (Å²) in [6.45, 7) is 0.376. The zero-order valence-corrected chi connectivity index (χ0v) is 19.3. The summed E-state index contributed by atoms with van der Waals surface area (Å²) in [6.07, 6.45) is 7.54. The third kappa shape index (κ3) is 6.00. The van der Waals surface area contributed by atoms with Gasteiger partial charge in [0.25, 0.3) is 0 Å². The van der Waals surface area contributed by atoms with Gasteiger partial charge >= 0.3 is 6.61 Å². The molecule has 0 radical (unpaired) electrons. The Balaban J connectivity index is 1.47. The van der Waals surface area contributed by atoms with E-state index in [9.17, 15) is 14.0 Å². The lowest BCUT2D eigenvalue weighted by atomic mass is 9.99. The van der Waals surface area contributed by atoms with Gasteiger partial charge in [0, 0.05) is 37.5 Å². The maximum atomic E-state index is 13.0. The van der Waals surface area contributed by atoms with Crippen LogP contribution < -0.4 is 19.1 Å². The normalized spacial score (nSPS) is 16.9. The first-order valence-electron chi connectivity index (χ1n) is 11.8. The molecule has 1 aromatic carbocycles. The Labute approximate surface area is 202 Å². The number of halogens is 2. The summed E-state index contributed by atoms with van der Waals surface area (Å²) in [5.74, 6) is 1.63. The van der Waals surface area contributed by atoms with Crippen LogP contribution in [-0.2, 0) is 11.2 Å². The van der Waals surface area contributed by atoms with E-state index in [1.54, 1.807) is 24.3 Å². The molecule has 186 valence electrons. The Morgan fingerprint density at radius 2 is 1.86 bits per heavy atom. The molecule has 2 aliphatic rings. The zero-order chi connectivity index (χ0) is 24.2. The van der Waals surface area contributed by atoms with Crippen LogP contribution in [0.2, 0.25) is 0 Å². The van der Waals surface area contributed by atoms with Gasteiger partial charge in [0.15, 0.2) is 29.7 Å². The SMILES string of the molecule is [O-][n+]1ccc(CC(c2ccc(OC(F)F)c(OCC3CC3)c2)n2ccc(N3CCOCC3)n2)cc1. The molecule has 10 heteroatoms. The van der Waals surface area contributed by atoms with Gasteiger partial charge in [-0.1, -0.05) is 6.07 Å². The summed E-state index contributed by atoms with van der Waals surface area (Å²) in [7, 11) is 0. The van der Waals surface area contributed by atoms with Crippen LogP contribution in [0.25, 0.3) is 0 Å². The number of rotatable bonds is 10. The number of anilines is 1. The van der Waals surface area contributed by atoms with Gasteiger partial charge in [-0.3, -0.25) is 4.68 Å². The number of pyridine rings is 1. The second-order valence-electron chi connectivity index (χ2n) is 8.88. The molecule has 1 saturated carbocycles. The van der Waals surface area contributed by atoms with E-state index in [0.717, 1.165) is 47.6 Å². The van der Waals surface area contributed by atoms with Gasteiger partial charge in [-0.05, 0) is 48.4 Å². The number of morpholine rings is 1. The van der Waals surface area contributed by atoms with E-state index in [2.05, 4.69) is 4.90 Å². The zero-order valence-electron chi connectivity index (χ0n) is 19.3. The molecule has 0 amide bonds. The predicted molar refractivity (Wildman–Crippen MR) is 124 cm³/mol. The monoisotopic (exact) mass is 486 g/mol. The van der Waals surface area contributed by atoms with Crippen molar-refractivity contribution in [2.45, 2.75) is 31.9 Å². The van der Waals surface area contributed by atoms with Crippen LogP contribution in [0.15, 0.2) is 55.0 Å². The summed E-state index contributed by atoms with van der Waals surface area (Å²) >= 11 is 0. The summed E-state index contributed by atoms with van der Waals surface area (Å²) in [5.41, 5.74) is 1.78. The maximum Gasteiger partial charge on any atom is 0.387 e. The van der Waals surface area contributed by atoms with Crippen molar-refractivity contribution in [3.8, 4) is 11.5 Å². The first-order valence-corrected chi connectivity index (χ1v) is 11.8. The molecule has 1 atom stereocenters. The van der Waals surface area contributed by atoms with Crippen LogP contribution in [0.4, 0.5) is 14.6 Å². The van der Waals surface area contributed by atoms with Crippen molar-refractivity contribution < 1.29 is 27.7 Å². The Morgan fingerprint density at radius 1 is 1.09 bits per heavy atom. The van der Waals surface area contributed by atoms with Crippen molar-refractivity contribution in [3.63, 3.8) is 0 Å². The molecule has 1 unspecified atom stereocenters. The molecule has 1 aliphatic carbocycles. The van der Waals surface area contributed by atoms with Gasteiger partial charge in [-0.2, -0.15) is 18.6 Å². The first-order chi connectivity index (χ1) is 17.0. The molecular formula is C25H28F2N4O4. The predicted octanol–water partition coefficient (Wildman–Crippen LogP) is 3.58. The Kier molecular flexibility index (Phi) is 6.98. The molecule has 1 saturated heterocycles. The van der Waals surface area contributed by atoms with Crippen molar-refractivity contribution in [1.29, 1.82) is 0 Å². The van der Waals surface area contributed by atoms with Crippen LogP contribution in [0.1, 0.15) is 30.0 Å². The topological polar surface area (TPSA) is 75.7 Å². The second kappa shape index (κ2) is 10.5. The van der Waals surface area contributed by atoms with E-state index < -0.39 is 6.61 Å². The van der Waals surface area contributed by atoms with Crippen molar-refractivity contribution in [2.24, 2.45) is 5.92 Å². The number of ether oxygens (including phenoxy) is 3. The van der Waals surface area contributed by atoms with Crippen molar-refractivity contribution in [3.05, 3.63) is 71.3 Å². The highest BCUT2D eigenvalue weighted by Crippen LogP contribution is 2.36. The highest BCUT2D eigenvalue weighted by atomic mass is 19.3. The molecule has 2 aromatic heterocycles. The Bertz CT molecular complexity index is 1110. The van der Waals surface area contributed by atoms with Gasteiger partial charge in [0.1, 0.15) is 0 Å². The molecule has 5 rings (SSSR count). The van der Waals surface area contributed by atoms with Gasteiger partial charge in [0.05, 0.1) is 25.9 Å². The quantitative estimate of drug-likeness (QED) is 0.322. The van der Waals surface area contributed by atoms with E-state index >= 15 is 0 Å². The fourth-order valence-corrected chi connectivity index (χ4v) is 4.16. The molecule has 35 heavy (non-hydrogen) atoms. The van der Waals surface area contributed by atoms with Crippen LogP contribution in [0, 0.1) is 11.1 Å². The number of hydrogen-bond acceptors (Lipinski definition) is 6. The van der Waals surface area contributed by atoms with Crippen LogP contribution in [0.5, 0.6) is 11.5 Å². The molecule has 2 fully saturated rings. The summed E-state index contributed by atoms with van der Waals surface area (Å²) < 4.78 is 44.7. The van der Waals surface area contributed by atoms with Crippen molar-refractivity contribution >= 4 is 5.82 Å². The highest BCUT2D eigenvalue weighted by Gasteiger charge is 2.25.